The summed E-state index contributed by atoms with van der Waals surface area (Å²) in [5.41, 5.74) is 5.10. The van der Waals surface area contributed by atoms with Gasteiger partial charge in [-0.15, -0.1) is 5.10 Å². The van der Waals surface area contributed by atoms with Crippen molar-refractivity contribution in [2.45, 2.75) is 43.1 Å². The summed E-state index contributed by atoms with van der Waals surface area (Å²) in [7, 11) is 0. The molecule has 1 aliphatic heterocycles. The number of nitrogens with zero attached hydrogens (tertiary/aromatic N) is 3. The number of anilines is 1. The van der Waals surface area contributed by atoms with E-state index in [9.17, 15) is 4.79 Å². The molecule has 0 spiro atoms. The molecule has 2 aliphatic rings. The Morgan fingerprint density at radius 2 is 1.97 bits per heavy atom. The molecule has 1 atom stereocenters. The molecule has 0 unspecified atom stereocenters. The number of rotatable bonds is 4. The number of carbonyl (C=O) groups is 1. The molecule has 0 radical (unpaired) electrons. The van der Waals surface area contributed by atoms with Gasteiger partial charge in [0, 0.05) is 28.5 Å². The van der Waals surface area contributed by atoms with Gasteiger partial charge in [0.2, 0.25) is 11.1 Å². The van der Waals surface area contributed by atoms with E-state index in [2.05, 4.69) is 36.5 Å². The molecule has 1 aromatic heterocycles. The summed E-state index contributed by atoms with van der Waals surface area (Å²) < 4.78 is 1.86. The first kappa shape index (κ1) is 19.4. The zero-order valence-electron chi connectivity index (χ0n) is 16.6. The smallest absolute Gasteiger partial charge is 0.227 e. The fourth-order valence-corrected chi connectivity index (χ4v) is 5.13. The minimum atomic E-state index is -0.244. The van der Waals surface area contributed by atoms with E-state index < -0.39 is 0 Å². The zero-order valence-corrected chi connectivity index (χ0v) is 18.1. The van der Waals surface area contributed by atoms with Crippen molar-refractivity contribution < 1.29 is 4.79 Å². The number of allylic oxidation sites excluding steroid dienone is 2. The van der Waals surface area contributed by atoms with Gasteiger partial charge in [0.15, 0.2) is 5.78 Å². The Bertz CT molecular complexity index is 1150. The van der Waals surface area contributed by atoms with Crippen molar-refractivity contribution in [1.82, 2.24) is 14.8 Å². The third-order valence-electron chi connectivity index (χ3n) is 5.56. The third-order valence-corrected chi connectivity index (χ3v) is 6.81. The number of carbonyl (C=O) groups excluding carboxylic acids is 1. The number of thioether (sulfide) groups is 1. The molecule has 30 heavy (non-hydrogen) atoms. The van der Waals surface area contributed by atoms with E-state index in [1.807, 2.05) is 28.9 Å². The first-order valence-electron chi connectivity index (χ1n) is 10.0. The highest BCUT2D eigenvalue weighted by atomic mass is 35.5. The van der Waals surface area contributed by atoms with E-state index in [0.717, 1.165) is 40.3 Å². The Hall–Kier alpha value is -2.57. The summed E-state index contributed by atoms with van der Waals surface area (Å²) in [6.07, 6.45) is 2.31. The van der Waals surface area contributed by atoms with Crippen LogP contribution < -0.4 is 5.32 Å². The molecule has 0 amide bonds. The summed E-state index contributed by atoms with van der Waals surface area (Å²) in [5.74, 6) is 1.57. The van der Waals surface area contributed by atoms with Crippen LogP contribution in [0.25, 0.3) is 0 Å². The molecule has 5 nitrogen and oxygen atoms in total. The lowest BCUT2D eigenvalue weighted by Gasteiger charge is -2.32. The average Bonchev–Trinajstić information content (AvgIpc) is 3.15. The second-order valence-electron chi connectivity index (χ2n) is 7.65. The Morgan fingerprint density at radius 1 is 1.17 bits per heavy atom. The predicted molar refractivity (Wildman–Crippen MR) is 120 cm³/mol. The minimum absolute atomic E-state index is 0.195. The first-order valence-corrected chi connectivity index (χ1v) is 11.4. The van der Waals surface area contributed by atoms with Gasteiger partial charge in [-0.1, -0.05) is 71.4 Å². The standard InChI is InChI=1S/C23H21ClN4OS/c1-14-9-11-15(12-10-14)21-20-18(7-4-8-19(20)29)25-22-26-23(27-28(21)22)30-13-16-5-2-3-6-17(16)24/h2-3,5-6,9-12,21H,4,7-8,13H2,1H3,(H,25,26,27)/t21-/m1/s1. The maximum Gasteiger partial charge on any atom is 0.227 e. The van der Waals surface area contributed by atoms with Crippen molar-refractivity contribution in [2.75, 3.05) is 5.32 Å². The quantitative estimate of drug-likeness (QED) is 0.543. The lowest BCUT2D eigenvalue weighted by Crippen LogP contribution is -2.31. The normalized spacial score (nSPS) is 18.1. The van der Waals surface area contributed by atoms with Crippen molar-refractivity contribution in [3.8, 4) is 0 Å². The largest absolute Gasteiger partial charge is 0.328 e. The summed E-state index contributed by atoms with van der Waals surface area (Å²) >= 11 is 7.83. The molecule has 152 valence electrons. The summed E-state index contributed by atoms with van der Waals surface area (Å²) in [5, 5.41) is 9.57. The second kappa shape index (κ2) is 7.93. The second-order valence-corrected chi connectivity index (χ2v) is 9.00. The number of halogens is 1. The fraction of sp³-hybridized carbons (Fsp3) is 0.261. The van der Waals surface area contributed by atoms with Crippen molar-refractivity contribution >= 4 is 35.1 Å². The van der Waals surface area contributed by atoms with Gasteiger partial charge < -0.3 is 5.32 Å². The van der Waals surface area contributed by atoms with Crippen LogP contribution in [0.5, 0.6) is 0 Å². The van der Waals surface area contributed by atoms with Crippen LogP contribution in [-0.2, 0) is 10.5 Å². The van der Waals surface area contributed by atoms with Gasteiger partial charge in [-0.2, -0.15) is 4.98 Å². The van der Waals surface area contributed by atoms with E-state index >= 15 is 0 Å². The summed E-state index contributed by atoms with van der Waals surface area (Å²) in [6, 6.07) is 15.9. The van der Waals surface area contributed by atoms with E-state index in [4.69, 9.17) is 21.7 Å². The number of benzene rings is 2. The number of nitrogens with one attached hydrogen (secondary N) is 1. The monoisotopic (exact) mass is 436 g/mol. The van der Waals surface area contributed by atoms with Crippen LogP contribution in [-0.4, -0.2) is 20.5 Å². The van der Waals surface area contributed by atoms with Crippen LogP contribution in [0.1, 0.15) is 42.0 Å². The van der Waals surface area contributed by atoms with Crippen molar-refractivity contribution in [3.05, 3.63) is 81.5 Å². The molecule has 0 saturated carbocycles. The first-order chi connectivity index (χ1) is 14.6. The maximum absolute atomic E-state index is 12.9. The molecular formula is C23H21ClN4OS. The van der Waals surface area contributed by atoms with Crippen molar-refractivity contribution in [3.63, 3.8) is 0 Å². The van der Waals surface area contributed by atoms with Crippen LogP contribution in [0.4, 0.5) is 5.95 Å². The van der Waals surface area contributed by atoms with Gasteiger partial charge in [0.25, 0.3) is 0 Å². The van der Waals surface area contributed by atoms with Crippen LogP contribution in [0.3, 0.4) is 0 Å². The third kappa shape index (κ3) is 3.55. The van der Waals surface area contributed by atoms with Gasteiger partial charge >= 0.3 is 0 Å². The number of fused-ring (bicyclic) bond motifs is 1. The highest BCUT2D eigenvalue weighted by Crippen LogP contribution is 2.40. The highest BCUT2D eigenvalue weighted by molar-refractivity contribution is 7.98. The SMILES string of the molecule is Cc1ccc([C@@H]2C3=C(CCCC3=O)Nc3nc(SCc4ccccc4Cl)nn32)cc1. The molecule has 3 aromatic rings. The summed E-state index contributed by atoms with van der Waals surface area (Å²) in [6.45, 7) is 2.06. The maximum atomic E-state index is 12.9. The number of hydrogen-bond donors (Lipinski definition) is 1. The number of aryl methyl sites for hydroxylation is 1. The number of Topliss-reactive ketones (excluding diaryl/α,β-unsaturated/α-hetero) is 1. The molecule has 2 heterocycles. The van der Waals surface area contributed by atoms with Crippen molar-refractivity contribution in [2.24, 2.45) is 0 Å². The van der Waals surface area contributed by atoms with Crippen molar-refractivity contribution in [1.29, 1.82) is 0 Å². The number of hydrogen-bond acceptors (Lipinski definition) is 5. The predicted octanol–water partition coefficient (Wildman–Crippen LogP) is 5.55. The van der Waals surface area contributed by atoms with Crippen LogP contribution in [0, 0.1) is 6.92 Å². The molecule has 7 heteroatoms. The van der Waals surface area contributed by atoms with Crippen LogP contribution in [0.15, 0.2) is 65.0 Å². The molecule has 1 N–H and O–H groups in total. The van der Waals surface area contributed by atoms with Gasteiger partial charge in [0.1, 0.15) is 6.04 Å². The Kier molecular flexibility index (Phi) is 5.13. The van der Waals surface area contributed by atoms with Crippen LogP contribution in [0.2, 0.25) is 5.02 Å². The lowest BCUT2D eigenvalue weighted by molar-refractivity contribution is -0.116. The highest BCUT2D eigenvalue weighted by Gasteiger charge is 2.36. The van der Waals surface area contributed by atoms with E-state index in [0.29, 0.717) is 23.3 Å². The Balaban J connectivity index is 1.51. The fourth-order valence-electron chi connectivity index (χ4n) is 4.01. The van der Waals surface area contributed by atoms with Gasteiger partial charge in [0.05, 0.1) is 0 Å². The zero-order chi connectivity index (χ0) is 20.7. The molecule has 0 bridgehead atoms. The van der Waals surface area contributed by atoms with Gasteiger partial charge in [-0.25, -0.2) is 4.68 Å². The Labute approximate surface area is 184 Å². The van der Waals surface area contributed by atoms with E-state index in [1.165, 1.54) is 5.56 Å². The number of aromatic nitrogens is 3. The average molecular weight is 437 g/mol. The van der Waals surface area contributed by atoms with E-state index in [-0.39, 0.29) is 11.8 Å². The number of ketones is 1. The Morgan fingerprint density at radius 3 is 2.77 bits per heavy atom. The topological polar surface area (TPSA) is 59.8 Å². The molecule has 0 saturated heterocycles. The molecular weight excluding hydrogens is 416 g/mol. The minimum Gasteiger partial charge on any atom is -0.328 e. The van der Waals surface area contributed by atoms with Gasteiger partial charge in [-0.3, -0.25) is 4.79 Å². The lowest BCUT2D eigenvalue weighted by atomic mass is 9.85. The molecule has 2 aromatic carbocycles. The molecule has 1 aliphatic carbocycles. The molecule has 5 rings (SSSR count). The van der Waals surface area contributed by atoms with E-state index in [1.54, 1.807) is 11.8 Å². The summed E-state index contributed by atoms with van der Waals surface area (Å²) in [4.78, 5) is 17.6. The van der Waals surface area contributed by atoms with Crippen LogP contribution >= 0.6 is 23.4 Å². The van der Waals surface area contributed by atoms with Gasteiger partial charge in [-0.05, 0) is 37.0 Å². The molecule has 0 fully saturated rings.